The van der Waals surface area contributed by atoms with Gasteiger partial charge in [-0.2, -0.15) is 4.98 Å². The number of anilines is 1. The van der Waals surface area contributed by atoms with E-state index in [0.717, 1.165) is 33.5 Å². The van der Waals surface area contributed by atoms with Crippen LogP contribution in [0.5, 0.6) is 5.88 Å². The molecule has 3 aromatic rings. The Morgan fingerprint density at radius 2 is 2.24 bits per heavy atom. The van der Waals surface area contributed by atoms with E-state index in [4.69, 9.17) is 16.3 Å². The summed E-state index contributed by atoms with van der Waals surface area (Å²) in [5.41, 5.74) is 2.93. The lowest BCUT2D eigenvalue weighted by Crippen LogP contribution is -2.06. The van der Waals surface area contributed by atoms with E-state index in [1.807, 2.05) is 30.5 Å². The summed E-state index contributed by atoms with van der Waals surface area (Å²) in [6.07, 6.45) is 5.25. The van der Waals surface area contributed by atoms with Gasteiger partial charge in [-0.3, -0.25) is 4.72 Å². The summed E-state index contributed by atoms with van der Waals surface area (Å²) in [6.45, 7) is 5.85. The van der Waals surface area contributed by atoms with Crippen molar-refractivity contribution in [1.29, 1.82) is 0 Å². The fraction of sp³-hybridized carbons (Fsp3) is 0.222. The zero-order valence-corrected chi connectivity index (χ0v) is 15.7. The molecule has 5 nitrogen and oxygen atoms in total. The van der Waals surface area contributed by atoms with Crippen LogP contribution in [-0.2, 0) is 12.8 Å². The number of halogens is 1. The van der Waals surface area contributed by atoms with Crippen LogP contribution in [0.25, 0.3) is 10.9 Å². The average molecular weight is 375 g/mol. The first-order valence-corrected chi connectivity index (χ1v) is 9.09. The molecule has 0 bridgehead atoms. The number of rotatable bonds is 7. The first-order chi connectivity index (χ1) is 12.2. The lowest BCUT2D eigenvalue weighted by molar-refractivity contribution is 0.392. The molecule has 3 rings (SSSR count). The predicted molar refractivity (Wildman–Crippen MR) is 105 cm³/mol. The van der Waals surface area contributed by atoms with Crippen molar-refractivity contribution in [2.24, 2.45) is 0 Å². The third-order valence-corrected chi connectivity index (χ3v) is 4.87. The third-order valence-electron chi connectivity index (χ3n) is 3.79. The molecule has 0 radical (unpaired) electrons. The fourth-order valence-electron chi connectivity index (χ4n) is 2.62. The van der Waals surface area contributed by atoms with Gasteiger partial charge in [-0.05, 0) is 36.9 Å². The molecule has 25 heavy (non-hydrogen) atoms. The molecule has 0 saturated carbocycles. The number of allylic oxidation sites excluding steroid dienone is 1. The summed E-state index contributed by atoms with van der Waals surface area (Å²) in [7, 11) is 1.62. The molecule has 2 N–H and O–H groups in total. The molecule has 0 saturated heterocycles. The topological polar surface area (TPSA) is 62.8 Å². The van der Waals surface area contributed by atoms with Crippen molar-refractivity contribution >= 4 is 40.4 Å². The molecule has 7 heteroatoms. The number of methoxy groups -OCH3 is 1. The molecule has 2 heterocycles. The number of aromatic amines is 1. The lowest BCUT2D eigenvalue weighted by atomic mass is 10.1. The van der Waals surface area contributed by atoms with Crippen molar-refractivity contribution in [3.05, 3.63) is 53.3 Å². The van der Waals surface area contributed by atoms with E-state index in [1.165, 1.54) is 11.9 Å². The maximum absolute atomic E-state index is 6.02. The number of nitrogens with one attached hydrogen (secondary N) is 2. The van der Waals surface area contributed by atoms with Gasteiger partial charge in [-0.1, -0.05) is 30.7 Å². The predicted octanol–water partition coefficient (Wildman–Crippen LogP) is 5.03. The second kappa shape index (κ2) is 7.80. The highest BCUT2D eigenvalue weighted by molar-refractivity contribution is 8.00. The van der Waals surface area contributed by atoms with Gasteiger partial charge in [0.15, 0.2) is 0 Å². The highest BCUT2D eigenvalue weighted by atomic mass is 35.5. The van der Waals surface area contributed by atoms with Crippen LogP contribution in [0.2, 0.25) is 5.02 Å². The standard InChI is InChI=1S/C18H19ClN4OS/c1-4-6-13-14(5-2)21-18(22-17(13)24-3)23-25-16-10-20-15-9-11(19)7-8-12(15)16/h4,7-10,20H,1,5-6H2,2-3H3,(H,21,22,23). The van der Waals surface area contributed by atoms with E-state index < -0.39 is 0 Å². The van der Waals surface area contributed by atoms with Crippen LogP contribution in [-0.4, -0.2) is 22.1 Å². The Morgan fingerprint density at radius 3 is 2.96 bits per heavy atom. The fourth-order valence-corrected chi connectivity index (χ4v) is 3.49. The van der Waals surface area contributed by atoms with Crippen molar-refractivity contribution in [3.63, 3.8) is 0 Å². The normalized spacial score (nSPS) is 10.8. The molecular weight excluding hydrogens is 356 g/mol. The molecule has 0 spiro atoms. The van der Waals surface area contributed by atoms with Crippen LogP contribution in [0.3, 0.4) is 0 Å². The van der Waals surface area contributed by atoms with Gasteiger partial charge in [0.25, 0.3) is 0 Å². The Kier molecular flexibility index (Phi) is 5.50. The number of ether oxygens (including phenoxy) is 1. The highest BCUT2D eigenvalue weighted by Gasteiger charge is 2.14. The summed E-state index contributed by atoms with van der Waals surface area (Å²) in [5, 5.41) is 1.80. The number of fused-ring (bicyclic) bond motifs is 1. The van der Waals surface area contributed by atoms with Crippen molar-refractivity contribution in [2.45, 2.75) is 24.7 Å². The minimum atomic E-state index is 0.523. The number of aromatic nitrogens is 3. The van der Waals surface area contributed by atoms with Crippen molar-refractivity contribution in [2.75, 3.05) is 11.8 Å². The van der Waals surface area contributed by atoms with Crippen molar-refractivity contribution in [3.8, 4) is 5.88 Å². The van der Waals surface area contributed by atoms with E-state index in [1.54, 1.807) is 7.11 Å². The van der Waals surface area contributed by atoms with E-state index in [2.05, 4.69) is 33.2 Å². The molecule has 0 fully saturated rings. The van der Waals surface area contributed by atoms with Gasteiger partial charge in [0.2, 0.25) is 11.8 Å². The Balaban J connectivity index is 1.85. The number of hydrogen-bond acceptors (Lipinski definition) is 5. The van der Waals surface area contributed by atoms with E-state index in [0.29, 0.717) is 23.3 Å². The quantitative estimate of drug-likeness (QED) is 0.448. The van der Waals surface area contributed by atoms with Gasteiger partial charge in [0.05, 0.1) is 17.7 Å². The van der Waals surface area contributed by atoms with Gasteiger partial charge in [-0.25, -0.2) is 4.98 Å². The number of benzene rings is 1. The second-order valence-electron chi connectivity index (χ2n) is 5.38. The number of hydrogen-bond donors (Lipinski definition) is 2. The molecule has 0 atom stereocenters. The largest absolute Gasteiger partial charge is 0.481 e. The molecule has 0 aliphatic rings. The van der Waals surface area contributed by atoms with Crippen LogP contribution in [0.15, 0.2) is 41.9 Å². The number of aryl methyl sites for hydroxylation is 1. The summed E-state index contributed by atoms with van der Waals surface area (Å²) in [5.74, 6) is 1.11. The summed E-state index contributed by atoms with van der Waals surface area (Å²) < 4.78 is 8.64. The Bertz CT molecular complexity index is 884. The molecule has 2 aromatic heterocycles. The second-order valence-corrected chi connectivity index (χ2v) is 6.66. The maximum atomic E-state index is 6.02. The third kappa shape index (κ3) is 3.75. The zero-order chi connectivity index (χ0) is 17.8. The highest BCUT2D eigenvalue weighted by Crippen LogP contribution is 2.30. The van der Waals surface area contributed by atoms with Crippen LogP contribution < -0.4 is 9.46 Å². The number of H-pyrrole nitrogens is 1. The Hall–Kier alpha value is -2.18. The molecule has 1 aromatic carbocycles. The molecule has 0 aliphatic heterocycles. The van der Waals surface area contributed by atoms with Gasteiger partial charge in [0, 0.05) is 27.7 Å². The molecule has 0 unspecified atom stereocenters. The maximum Gasteiger partial charge on any atom is 0.236 e. The lowest BCUT2D eigenvalue weighted by Gasteiger charge is -2.12. The van der Waals surface area contributed by atoms with E-state index in [9.17, 15) is 0 Å². The van der Waals surface area contributed by atoms with Crippen LogP contribution >= 0.6 is 23.5 Å². The van der Waals surface area contributed by atoms with Gasteiger partial charge in [0.1, 0.15) is 0 Å². The minimum absolute atomic E-state index is 0.523. The van der Waals surface area contributed by atoms with Gasteiger partial charge >= 0.3 is 0 Å². The van der Waals surface area contributed by atoms with E-state index >= 15 is 0 Å². The van der Waals surface area contributed by atoms with E-state index in [-0.39, 0.29) is 0 Å². The Labute approximate surface area is 156 Å². The monoisotopic (exact) mass is 374 g/mol. The van der Waals surface area contributed by atoms with Crippen molar-refractivity contribution < 1.29 is 4.74 Å². The SMILES string of the molecule is C=CCc1c(CC)nc(NSc2c[nH]c3cc(Cl)ccc23)nc1OC. The minimum Gasteiger partial charge on any atom is -0.481 e. The first kappa shape index (κ1) is 17.6. The molecule has 0 amide bonds. The van der Waals surface area contributed by atoms with Crippen LogP contribution in [0.4, 0.5) is 5.95 Å². The van der Waals surface area contributed by atoms with Crippen LogP contribution in [0.1, 0.15) is 18.2 Å². The zero-order valence-electron chi connectivity index (χ0n) is 14.1. The van der Waals surface area contributed by atoms with Crippen molar-refractivity contribution in [1.82, 2.24) is 15.0 Å². The average Bonchev–Trinajstić information content (AvgIpc) is 3.02. The molecule has 0 aliphatic carbocycles. The Morgan fingerprint density at radius 1 is 1.40 bits per heavy atom. The molecular formula is C18H19ClN4OS. The number of nitrogens with zero attached hydrogens (tertiary/aromatic N) is 2. The molecule has 130 valence electrons. The first-order valence-electron chi connectivity index (χ1n) is 7.90. The smallest absolute Gasteiger partial charge is 0.236 e. The summed E-state index contributed by atoms with van der Waals surface area (Å²) in [6, 6.07) is 5.77. The van der Waals surface area contributed by atoms with Crippen LogP contribution in [0, 0.1) is 0 Å². The summed E-state index contributed by atoms with van der Waals surface area (Å²) in [4.78, 5) is 13.3. The van der Waals surface area contributed by atoms with Gasteiger partial charge < -0.3 is 9.72 Å². The summed E-state index contributed by atoms with van der Waals surface area (Å²) >= 11 is 7.47. The van der Waals surface area contributed by atoms with Gasteiger partial charge in [-0.15, -0.1) is 6.58 Å².